The van der Waals surface area contributed by atoms with Gasteiger partial charge < -0.3 is 10.6 Å². The lowest BCUT2D eigenvalue weighted by Crippen LogP contribution is -2.01. The summed E-state index contributed by atoms with van der Waals surface area (Å²) in [7, 11) is 1.82. The fourth-order valence-electron chi connectivity index (χ4n) is 2.32. The van der Waals surface area contributed by atoms with Gasteiger partial charge in [0.2, 0.25) is 5.95 Å². The molecule has 0 amide bonds. The third-order valence-electron chi connectivity index (χ3n) is 3.47. The Hall–Kier alpha value is -3.33. The molecule has 0 aliphatic carbocycles. The van der Waals surface area contributed by atoms with Gasteiger partial charge in [-0.3, -0.25) is 5.10 Å². The van der Waals surface area contributed by atoms with E-state index in [0.717, 1.165) is 11.3 Å². The fraction of sp³-hybridized carbons (Fsp3) is 0.0667. The van der Waals surface area contributed by atoms with Gasteiger partial charge >= 0.3 is 0 Å². The maximum absolute atomic E-state index is 6.14. The zero-order chi connectivity index (χ0) is 17.2. The average molecular weight is 354 g/mol. The summed E-state index contributed by atoms with van der Waals surface area (Å²) in [6.07, 6.45) is 4.52. The van der Waals surface area contributed by atoms with E-state index in [4.69, 9.17) is 11.6 Å². The Morgan fingerprint density at radius 3 is 2.88 bits per heavy atom. The van der Waals surface area contributed by atoms with Gasteiger partial charge in [0.25, 0.3) is 0 Å². The molecular formula is C15H12ClN9. The molecule has 0 bridgehead atoms. The molecule has 0 spiro atoms. The topological polar surface area (TPSA) is 117 Å². The van der Waals surface area contributed by atoms with Crippen LogP contribution in [-0.2, 0) is 0 Å². The van der Waals surface area contributed by atoms with Gasteiger partial charge in [0.15, 0.2) is 11.6 Å². The molecule has 3 aromatic heterocycles. The second kappa shape index (κ2) is 6.29. The number of aromatic nitrogens is 7. The van der Waals surface area contributed by atoms with E-state index in [1.165, 1.54) is 12.7 Å². The van der Waals surface area contributed by atoms with Crippen molar-refractivity contribution in [3.8, 4) is 11.4 Å². The Bertz CT molecular complexity index is 1050. The first-order valence-electron chi connectivity index (χ1n) is 7.32. The minimum atomic E-state index is 0.350. The van der Waals surface area contributed by atoms with Crippen molar-refractivity contribution in [1.82, 2.24) is 35.1 Å². The molecule has 9 nitrogen and oxygen atoms in total. The highest BCUT2D eigenvalue weighted by Crippen LogP contribution is 2.26. The Balaban J connectivity index is 1.69. The summed E-state index contributed by atoms with van der Waals surface area (Å²) in [5, 5.41) is 13.7. The number of nitrogens with one attached hydrogen (secondary N) is 3. The largest absolute Gasteiger partial charge is 0.388 e. The number of fused-ring (bicyclic) bond motifs is 1. The number of hydrogen-bond acceptors (Lipinski definition) is 8. The molecule has 0 aliphatic rings. The van der Waals surface area contributed by atoms with E-state index in [1.807, 2.05) is 19.2 Å². The van der Waals surface area contributed by atoms with Crippen LogP contribution in [0.25, 0.3) is 22.4 Å². The summed E-state index contributed by atoms with van der Waals surface area (Å²) >= 11 is 6.14. The summed E-state index contributed by atoms with van der Waals surface area (Å²) < 4.78 is 0. The predicted molar refractivity (Wildman–Crippen MR) is 94.8 cm³/mol. The van der Waals surface area contributed by atoms with Gasteiger partial charge in [0, 0.05) is 23.3 Å². The molecule has 0 unspecified atom stereocenters. The standard InChI is InChI=1S/C15H12ClN9/c1-17-10-3-8(2-9(16)4-10)13-20-7-21-15(22-13)23-14-12-11(24-25-14)5-18-6-19-12/h2-7,17H,1H3,(H2,20,21,22,23,24,25). The molecule has 124 valence electrons. The Labute approximate surface area is 146 Å². The van der Waals surface area contributed by atoms with Gasteiger partial charge in [-0.05, 0) is 18.2 Å². The monoisotopic (exact) mass is 353 g/mol. The lowest BCUT2D eigenvalue weighted by molar-refractivity contribution is 1.05. The molecule has 0 radical (unpaired) electrons. The van der Waals surface area contributed by atoms with Crippen LogP contribution >= 0.6 is 11.6 Å². The van der Waals surface area contributed by atoms with Crippen LogP contribution in [0.5, 0.6) is 0 Å². The van der Waals surface area contributed by atoms with E-state index in [0.29, 0.717) is 33.6 Å². The van der Waals surface area contributed by atoms with Crippen LogP contribution in [-0.4, -0.2) is 42.2 Å². The molecule has 0 aliphatic heterocycles. The average Bonchev–Trinajstić information content (AvgIpc) is 3.04. The van der Waals surface area contributed by atoms with E-state index in [9.17, 15) is 0 Å². The molecule has 0 saturated heterocycles. The van der Waals surface area contributed by atoms with Crippen LogP contribution in [0.1, 0.15) is 0 Å². The summed E-state index contributed by atoms with van der Waals surface area (Å²) in [4.78, 5) is 20.9. The van der Waals surface area contributed by atoms with E-state index < -0.39 is 0 Å². The van der Waals surface area contributed by atoms with Crippen molar-refractivity contribution < 1.29 is 0 Å². The van der Waals surface area contributed by atoms with E-state index in [1.54, 1.807) is 12.3 Å². The highest BCUT2D eigenvalue weighted by molar-refractivity contribution is 6.31. The number of H-pyrrole nitrogens is 1. The summed E-state index contributed by atoms with van der Waals surface area (Å²) in [5.41, 5.74) is 3.01. The van der Waals surface area contributed by atoms with Crippen molar-refractivity contribution in [3.05, 3.63) is 42.1 Å². The van der Waals surface area contributed by atoms with Crippen LogP contribution in [0.4, 0.5) is 17.5 Å². The van der Waals surface area contributed by atoms with Crippen molar-refractivity contribution in [3.63, 3.8) is 0 Å². The van der Waals surface area contributed by atoms with Gasteiger partial charge in [0.1, 0.15) is 23.7 Å². The summed E-state index contributed by atoms with van der Waals surface area (Å²) in [6.45, 7) is 0. The molecule has 25 heavy (non-hydrogen) atoms. The maximum atomic E-state index is 6.14. The second-order valence-electron chi connectivity index (χ2n) is 5.09. The lowest BCUT2D eigenvalue weighted by atomic mass is 10.2. The highest BCUT2D eigenvalue weighted by atomic mass is 35.5. The zero-order valence-corrected chi connectivity index (χ0v) is 13.8. The van der Waals surface area contributed by atoms with Gasteiger partial charge in [-0.25, -0.2) is 19.9 Å². The Morgan fingerprint density at radius 2 is 2.00 bits per heavy atom. The third-order valence-corrected chi connectivity index (χ3v) is 3.69. The number of hydrogen-bond donors (Lipinski definition) is 3. The van der Waals surface area contributed by atoms with Crippen molar-refractivity contribution in [2.75, 3.05) is 17.7 Å². The molecule has 4 aromatic rings. The maximum Gasteiger partial charge on any atom is 0.232 e. The van der Waals surface area contributed by atoms with Crippen LogP contribution in [0.3, 0.4) is 0 Å². The minimum Gasteiger partial charge on any atom is -0.388 e. The van der Waals surface area contributed by atoms with E-state index >= 15 is 0 Å². The molecule has 10 heteroatoms. The number of rotatable bonds is 4. The molecule has 3 heterocycles. The molecular weight excluding hydrogens is 342 g/mol. The predicted octanol–water partition coefficient (Wildman–Crippen LogP) is 2.64. The molecule has 4 rings (SSSR count). The molecule has 0 saturated carbocycles. The van der Waals surface area contributed by atoms with Crippen molar-refractivity contribution in [2.45, 2.75) is 0 Å². The summed E-state index contributed by atoms with van der Waals surface area (Å²) in [6, 6.07) is 5.52. The van der Waals surface area contributed by atoms with Gasteiger partial charge in [-0.2, -0.15) is 10.1 Å². The van der Waals surface area contributed by atoms with Gasteiger partial charge in [-0.15, -0.1) is 0 Å². The first-order chi connectivity index (χ1) is 12.2. The van der Waals surface area contributed by atoms with Crippen LogP contribution in [0.2, 0.25) is 5.02 Å². The number of nitrogens with zero attached hydrogens (tertiary/aromatic N) is 6. The van der Waals surface area contributed by atoms with Gasteiger partial charge in [0.05, 0.1) is 6.20 Å². The number of anilines is 3. The molecule has 0 atom stereocenters. The molecule has 3 N–H and O–H groups in total. The SMILES string of the molecule is CNc1cc(Cl)cc(-c2ncnc(Nc3n[nH]c4cncnc34)n2)c1. The van der Waals surface area contributed by atoms with Crippen molar-refractivity contribution >= 4 is 40.1 Å². The Kier molecular flexibility index (Phi) is 3.82. The first-order valence-corrected chi connectivity index (χ1v) is 7.69. The first kappa shape index (κ1) is 15.2. The fourth-order valence-corrected chi connectivity index (χ4v) is 2.56. The highest BCUT2D eigenvalue weighted by Gasteiger charge is 2.11. The van der Waals surface area contributed by atoms with E-state index in [-0.39, 0.29) is 0 Å². The number of benzene rings is 1. The normalized spacial score (nSPS) is 10.8. The lowest BCUT2D eigenvalue weighted by Gasteiger charge is -2.07. The Morgan fingerprint density at radius 1 is 1.08 bits per heavy atom. The van der Waals surface area contributed by atoms with E-state index in [2.05, 4.69) is 45.8 Å². The van der Waals surface area contributed by atoms with Crippen LogP contribution in [0, 0.1) is 0 Å². The van der Waals surface area contributed by atoms with Crippen molar-refractivity contribution in [1.29, 1.82) is 0 Å². The van der Waals surface area contributed by atoms with Crippen molar-refractivity contribution in [2.24, 2.45) is 0 Å². The van der Waals surface area contributed by atoms with Crippen LogP contribution in [0.15, 0.2) is 37.1 Å². The van der Waals surface area contributed by atoms with Crippen LogP contribution < -0.4 is 10.6 Å². The molecule has 0 fully saturated rings. The third kappa shape index (κ3) is 3.04. The second-order valence-corrected chi connectivity index (χ2v) is 5.53. The summed E-state index contributed by atoms with van der Waals surface area (Å²) in [5.74, 6) is 1.35. The quantitative estimate of drug-likeness (QED) is 0.512. The smallest absolute Gasteiger partial charge is 0.232 e. The number of aromatic amines is 1. The molecule has 1 aromatic carbocycles. The minimum absolute atomic E-state index is 0.350. The number of halogens is 1. The van der Waals surface area contributed by atoms with Gasteiger partial charge in [-0.1, -0.05) is 11.6 Å². The zero-order valence-electron chi connectivity index (χ0n) is 13.0.